The van der Waals surface area contributed by atoms with Crippen LogP contribution in [-0.2, 0) is 6.54 Å². The second kappa shape index (κ2) is 7.10. The first-order valence-corrected chi connectivity index (χ1v) is 8.06. The molecule has 126 valence electrons. The Morgan fingerprint density at radius 2 is 2.00 bits per heavy atom. The van der Waals surface area contributed by atoms with Gasteiger partial charge in [0.1, 0.15) is 0 Å². The number of nitro benzene ring substituents is 1. The molecule has 2 heterocycles. The Bertz CT molecular complexity index is 930. The lowest BCUT2D eigenvalue weighted by atomic mass is 10.2. The van der Waals surface area contributed by atoms with Crippen molar-refractivity contribution in [1.82, 2.24) is 5.32 Å². The van der Waals surface area contributed by atoms with Crippen LogP contribution in [0.4, 0.5) is 5.69 Å². The summed E-state index contributed by atoms with van der Waals surface area (Å²) in [5.41, 5.74) is 0.0627. The van der Waals surface area contributed by atoms with Gasteiger partial charge in [0.15, 0.2) is 5.76 Å². The summed E-state index contributed by atoms with van der Waals surface area (Å²) in [6.45, 7) is 0.220. The zero-order chi connectivity index (χ0) is 17.8. The molecule has 0 bridgehead atoms. The Kier molecular flexibility index (Phi) is 4.71. The van der Waals surface area contributed by atoms with Gasteiger partial charge in [-0.2, -0.15) is 0 Å². The van der Waals surface area contributed by atoms with E-state index in [-0.39, 0.29) is 29.3 Å². The lowest BCUT2D eigenvalue weighted by Crippen LogP contribution is -2.22. The Balaban J connectivity index is 1.64. The number of carbonyl (C=O) groups is 2. The molecule has 0 aliphatic carbocycles. The summed E-state index contributed by atoms with van der Waals surface area (Å²) < 4.78 is 5.08. The van der Waals surface area contributed by atoms with Gasteiger partial charge in [-0.15, -0.1) is 11.3 Å². The highest BCUT2D eigenvalue weighted by Gasteiger charge is 2.15. The van der Waals surface area contributed by atoms with Crippen molar-refractivity contribution in [2.45, 2.75) is 6.54 Å². The summed E-state index contributed by atoms with van der Waals surface area (Å²) in [5, 5.41) is 13.4. The summed E-state index contributed by atoms with van der Waals surface area (Å²) in [5.74, 6) is -0.378. The van der Waals surface area contributed by atoms with Gasteiger partial charge in [0.25, 0.3) is 11.6 Å². The van der Waals surface area contributed by atoms with Crippen LogP contribution in [0.25, 0.3) is 0 Å². The van der Waals surface area contributed by atoms with Crippen molar-refractivity contribution in [2.24, 2.45) is 0 Å². The first-order chi connectivity index (χ1) is 12.0. The van der Waals surface area contributed by atoms with Crippen molar-refractivity contribution in [3.05, 3.63) is 86.0 Å². The number of nitrogens with zero attached hydrogens (tertiary/aromatic N) is 1. The van der Waals surface area contributed by atoms with Crippen molar-refractivity contribution in [2.75, 3.05) is 0 Å². The standard InChI is InChI=1S/C17H12N2O5S/c20-16(14-5-2-8-24-14)15-7-6-13(25-15)10-18-17(21)11-3-1-4-12(9-11)19(22)23/h1-9H,10H2,(H,18,21). The molecule has 0 spiro atoms. The van der Waals surface area contributed by atoms with Crippen LogP contribution in [0, 0.1) is 10.1 Å². The number of ketones is 1. The van der Waals surface area contributed by atoms with E-state index < -0.39 is 10.8 Å². The molecule has 0 fully saturated rings. The molecule has 0 aliphatic rings. The average molecular weight is 356 g/mol. The van der Waals surface area contributed by atoms with Gasteiger partial charge in [-0.25, -0.2) is 0 Å². The minimum absolute atomic E-state index is 0.143. The molecular formula is C17H12N2O5S. The van der Waals surface area contributed by atoms with E-state index >= 15 is 0 Å². The number of nitrogens with one attached hydrogen (secondary N) is 1. The van der Waals surface area contributed by atoms with Crippen LogP contribution in [0.3, 0.4) is 0 Å². The van der Waals surface area contributed by atoms with Gasteiger partial charge in [-0.3, -0.25) is 19.7 Å². The maximum absolute atomic E-state index is 12.1. The number of amides is 1. The van der Waals surface area contributed by atoms with E-state index in [4.69, 9.17) is 4.42 Å². The van der Waals surface area contributed by atoms with Crippen molar-refractivity contribution >= 4 is 28.7 Å². The summed E-state index contributed by atoms with van der Waals surface area (Å²) in [6.07, 6.45) is 1.43. The third-order valence-corrected chi connectivity index (χ3v) is 4.46. The van der Waals surface area contributed by atoms with Gasteiger partial charge in [0.2, 0.25) is 5.78 Å². The van der Waals surface area contributed by atoms with Gasteiger partial charge in [-0.05, 0) is 30.3 Å². The molecule has 25 heavy (non-hydrogen) atoms. The van der Waals surface area contributed by atoms with Crippen molar-refractivity contribution < 1.29 is 18.9 Å². The second-order valence-electron chi connectivity index (χ2n) is 5.06. The Morgan fingerprint density at radius 3 is 2.72 bits per heavy atom. The molecule has 0 aliphatic heterocycles. The first kappa shape index (κ1) is 16.6. The first-order valence-electron chi connectivity index (χ1n) is 7.24. The fourth-order valence-electron chi connectivity index (χ4n) is 2.15. The van der Waals surface area contributed by atoms with Crippen LogP contribution in [0.2, 0.25) is 0 Å². The number of rotatable bonds is 6. The normalized spacial score (nSPS) is 10.4. The molecule has 1 aromatic carbocycles. The Morgan fingerprint density at radius 1 is 1.16 bits per heavy atom. The molecule has 0 atom stereocenters. The second-order valence-corrected chi connectivity index (χ2v) is 6.23. The summed E-state index contributed by atoms with van der Waals surface area (Å²) in [4.78, 5) is 35.8. The summed E-state index contributed by atoms with van der Waals surface area (Å²) >= 11 is 1.25. The van der Waals surface area contributed by atoms with Crippen molar-refractivity contribution in [3.8, 4) is 0 Å². The Labute approximate surface area is 146 Å². The number of nitro groups is 1. The van der Waals surface area contributed by atoms with E-state index in [1.165, 1.54) is 41.9 Å². The summed E-state index contributed by atoms with van der Waals surface area (Å²) in [7, 11) is 0. The lowest BCUT2D eigenvalue weighted by Gasteiger charge is -2.03. The number of benzene rings is 1. The zero-order valence-corrected chi connectivity index (χ0v) is 13.6. The van der Waals surface area contributed by atoms with Gasteiger partial charge in [0, 0.05) is 22.6 Å². The highest BCUT2D eigenvalue weighted by molar-refractivity contribution is 7.14. The van der Waals surface area contributed by atoms with Gasteiger partial charge < -0.3 is 9.73 Å². The maximum Gasteiger partial charge on any atom is 0.270 e. The van der Waals surface area contributed by atoms with Crippen LogP contribution in [-0.4, -0.2) is 16.6 Å². The molecule has 3 aromatic rings. The molecule has 0 unspecified atom stereocenters. The SMILES string of the molecule is O=C(NCc1ccc(C(=O)c2ccco2)s1)c1cccc([N+](=O)[O-])c1. The maximum atomic E-state index is 12.1. The molecule has 0 saturated carbocycles. The monoisotopic (exact) mass is 356 g/mol. The van der Waals surface area contributed by atoms with Gasteiger partial charge >= 0.3 is 0 Å². The predicted octanol–water partition coefficient (Wildman–Crippen LogP) is 3.41. The van der Waals surface area contributed by atoms with Crippen LogP contribution in [0.5, 0.6) is 0 Å². The molecule has 2 aromatic heterocycles. The van der Waals surface area contributed by atoms with Crippen LogP contribution in [0.1, 0.15) is 30.7 Å². The van der Waals surface area contributed by atoms with E-state index in [9.17, 15) is 19.7 Å². The number of non-ortho nitro benzene ring substituents is 1. The van der Waals surface area contributed by atoms with Crippen molar-refractivity contribution in [3.63, 3.8) is 0 Å². The number of hydrogen-bond acceptors (Lipinski definition) is 6. The molecule has 0 saturated heterocycles. The highest BCUT2D eigenvalue weighted by Crippen LogP contribution is 2.20. The molecular weight excluding hydrogens is 344 g/mol. The fraction of sp³-hybridized carbons (Fsp3) is 0.0588. The minimum atomic E-state index is -0.553. The van der Waals surface area contributed by atoms with Gasteiger partial charge in [-0.1, -0.05) is 6.07 Å². The quantitative estimate of drug-likeness (QED) is 0.414. The molecule has 7 nitrogen and oxygen atoms in total. The smallest absolute Gasteiger partial charge is 0.270 e. The number of thiophene rings is 1. The highest BCUT2D eigenvalue weighted by atomic mass is 32.1. The summed E-state index contributed by atoms with van der Waals surface area (Å²) in [6, 6.07) is 12.1. The van der Waals surface area contributed by atoms with Crippen LogP contribution >= 0.6 is 11.3 Å². The lowest BCUT2D eigenvalue weighted by molar-refractivity contribution is -0.384. The number of hydrogen-bond donors (Lipinski definition) is 1. The molecule has 1 N–H and O–H groups in total. The Hall–Kier alpha value is -3.26. The topological polar surface area (TPSA) is 102 Å². The third-order valence-electron chi connectivity index (χ3n) is 3.37. The molecule has 1 amide bonds. The largest absolute Gasteiger partial charge is 0.461 e. The average Bonchev–Trinajstić information content (AvgIpc) is 3.31. The minimum Gasteiger partial charge on any atom is -0.461 e. The van der Waals surface area contributed by atoms with Crippen molar-refractivity contribution in [1.29, 1.82) is 0 Å². The zero-order valence-electron chi connectivity index (χ0n) is 12.8. The van der Waals surface area contributed by atoms with Crippen LogP contribution < -0.4 is 5.32 Å². The number of furan rings is 1. The number of carbonyl (C=O) groups excluding carboxylic acids is 2. The van der Waals surface area contributed by atoms with Crippen LogP contribution in [0.15, 0.2) is 59.2 Å². The molecule has 0 radical (unpaired) electrons. The van der Waals surface area contributed by atoms with Gasteiger partial charge in [0.05, 0.1) is 22.6 Å². The van der Waals surface area contributed by atoms with E-state index in [2.05, 4.69) is 5.32 Å². The van der Waals surface area contributed by atoms with E-state index in [1.807, 2.05) is 0 Å². The van der Waals surface area contributed by atoms with E-state index in [0.29, 0.717) is 4.88 Å². The predicted molar refractivity (Wildman–Crippen MR) is 90.7 cm³/mol. The third kappa shape index (κ3) is 3.81. The fourth-order valence-corrected chi connectivity index (χ4v) is 3.05. The van der Waals surface area contributed by atoms with E-state index in [1.54, 1.807) is 24.3 Å². The molecule has 8 heteroatoms. The molecule has 3 rings (SSSR count). The van der Waals surface area contributed by atoms with E-state index in [0.717, 1.165) is 4.88 Å².